The molecule has 100 valence electrons. The average Bonchev–Trinajstić information content (AvgIpc) is 2.96. The van der Waals surface area contributed by atoms with Gasteiger partial charge in [0.05, 0.1) is 0 Å². The van der Waals surface area contributed by atoms with Crippen molar-refractivity contribution < 1.29 is 4.79 Å². The third kappa shape index (κ3) is 2.64. The van der Waals surface area contributed by atoms with Crippen LogP contribution in [-0.4, -0.2) is 31.3 Å². The highest BCUT2D eigenvalue weighted by Gasteiger charge is 2.28. The summed E-state index contributed by atoms with van der Waals surface area (Å²) in [6, 6.07) is 1.83. The topological polar surface area (TPSA) is 99.3 Å². The Bertz CT molecular complexity index is 583. The molecule has 1 aliphatic carbocycles. The molecule has 2 aromatic heterocycles. The molecule has 0 atom stereocenters. The van der Waals surface area contributed by atoms with E-state index in [1.807, 2.05) is 6.07 Å². The highest BCUT2D eigenvalue weighted by atomic mass is 16.2. The zero-order valence-corrected chi connectivity index (χ0v) is 10.7. The van der Waals surface area contributed by atoms with Crippen LogP contribution in [0.25, 0.3) is 0 Å². The van der Waals surface area contributed by atoms with Crippen LogP contribution < -0.4 is 5.32 Å². The van der Waals surface area contributed by atoms with Crippen LogP contribution in [0.3, 0.4) is 0 Å². The monoisotopic (exact) mass is 260 g/mol. The number of hydrogen-bond donors (Lipinski definition) is 3. The maximum atomic E-state index is 11.9. The summed E-state index contributed by atoms with van der Waals surface area (Å²) in [6.45, 7) is 2.09. The normalized spacial score (nSPS) is 14.6. The molecule has 0 radical (unpaired) electrons. The van der Waals surface area contributed by atoms with E-state index in [-0.39, 0.29) is 11.7 Å². The van der Waals surface area contributed by atoms with Crippen molar-refractivity contribution in [2.75, 3.05) is 5.32 Å². The van der Waals surface area contributed by atoms with Gasteiger partial charge >= 0.3 is 0 Å². The predicted octanol–water partition coefficient (Wildman–Crippen LogP) is 1.61. The molecular formula is C12H16N6O. The lowest BCUT2D eigenvalue weighted by Crippen LogP contribution is -2.14. The highest BCUT2D eigenvalue weighted by molar-refractivity contribution is 6.00. The number of amides is 1. The van der Waals surface area contributed by atoms with E-state index in [1.54, 1.807) is 0 Å². The molecule has 1 amide bonds. The molecule has 1 saturated carbocycles. The fourth-order valence-electron chi connectivity index (χ4n) is 1.91. The van der Waals surface area contributed by atoms with Crippen LogP contribution in [0.1, 0.15) is 54.2 Å². The number of anilines is 1. The van der Waals surface area contributed by atoms with Crippen molar-refractivity contribution in [3.05, 3.63) is 23.4 Å². The van der Waals surface area contributed by atoms with Gasteiger partial charge in [0.2, 0.25) is 5.82 Å². The Morgan fingerprint density at radius 3 is 3.00 bits per heavy atom. The van der Waals surface area contributed by atoms with Crippen LogP contribution >= 0.6 is 0 Å². The second-order valence-corrected chi connectivity index (χ2v) is 4.80. The van der Waals surface area contributed by atoms with Crippen molar-refractivity contribution >= 4 is 11.7 Å². The SMILES string of the molecule is CCCc1cc(NC(=O)c2n[nH]c(C3CC3)n2)n[nH]1. The van der Waals surface area contributed by atoms with Crippen molar-refractivity contribution in [3.63, 3.8) is 0 Å². The summed E-state index contributed by atoms with van der Waals surface area (Å²) < 4.78 is 0. The van der Waals surface area contributed by atoms with E-state index in [1.165, 1.54) is 0 Å². The van der Waals surface area contributed by atoms with Gasteiger partial charge in [-0.05, 0) is 19.3 Å². The van der Waals surface area contributed by atoms with Gasteiger partial charge in [-0.15, -0.1) is 5.10 Å². The summed E-state index contributed by atoms with van der Waals surface area (Å²) in [6.07, 6.45) is 4.18. The Labute approximate surface area is 110 Å². The molecule has 0 aromatic carbocycles. The molecule has 0 unspecified atom stereocenters. The van der Waals surface area contributed by atoms with Crippen LogP contribution in [-0.2, 0) is 6.42 Å². The van der Waals surface area contributed by atoms with Crippen molar-refractivity contribution in [2.45, 2.75) is 38.5 Å². The van der Waals surface area contributed by atoms with Gasteiger partial charge in [-0.25, -0.2) is 4.98 Å². The molecule has 1 aliphatic rings. The van der Waals surface area contributed by atoms with Gasteiger partial charge in [0.25, 0.3) is 5.91 Å². The second-order valence-electron chi connectivity index (χ2n) is 4.80. The maximum Gasteiger partial charge on any atom is 0.296 e. The fourth-order valence-corrected chi connectivity index (χ4v) is 1.91. The Hall–Kier alpha value is -2.18. The van der Waals surface area contributed by atoms with Gasteiger partial charge in [-0.2, -0.15) is 5.10 Å². The molecule has 3 N–H and O–H groups in total. The summed E-state index contributed by atoms with van der Waals surface area (Å²) in [4.78, 5) is 16.1. The lowest BCUT2D eigenvalue weighted by molar-refractivity contribution is 0.101. The first-order valence-electron chi connectivity index (χ1n) is 6.54. The van der Waals surface area contributed by atoms with E-state index >= 15 is 0 Å². The smallest absolute Gasteiger partial charge is 0.296 e. The van der Waals surface area contributed by atoms with Crippen LogP contribution in [0.2, 0.25) is 0 Å². The van der Waals surface area contributed by atoms with Gasteiger partial charge in [-0.3, -0.25) is 15.0 Å². The average molecular weight is 260 g/mol. The van der Waals surface area contributed by atoms with E-state index < -0.39 is 0 Å². The van der Waals surface area contributed by atoms with Gasteiger partial charge < -0.3 is 5.32 Å². The van der Waals surface area contributed by atoms with E-state index in [2.05, 4.69) is 37.6 Å². The Morgan fingerprint density at radius 1 is 1.42 bits per heavy atom. The lowest BCUT2D eigenvalue weighted by atomic mass is 10.2. The van der Waals surface area contributed by atoms with Gasteiger partial charge in [0, 0.05) is 17.7 Å². The Kier molecular flexibility index (Phi) is 3.02. The lowest BCUT2D eigenvalue weighted by Gasteiger charge is -1.95. The molecule has 0 spiro atoms. The highest BCUT2D eigenvalue weighted by Crippen LogP contribution is 2.37. The summed E-state index contributed by atoms with van der Waals surface area (Å²) in [5, 5.41) is 16.3. The fraction of sp³-hybridized carbons (Fsp3) is 0.500. The van der Waals surface area contributed by atoms with Gasteiger partial charge in [-0.1, -0.05) is 13.3 Å². The molecule has 2 aromatic rings. The quantitative estimate of drug-likeness (QED) is 0.760. The number of rotatable bonds is 5. The molecule has 0 aliphatic heterocycles. The number of nitrogens with zero attached hydrogens (tertiary/aromatic N) is 3. The number of H-pyrrole nitrogens is 2. The first-order chi connectivity index (χ1) is 9.26. The number of carbonyl (C=O) groups is 1. The van der Waals surface area contributed by atoms with Crippen LogP contribution in [0.4, 0.5) is 5.82 Å². The number of hydrogen-bond acceptors (Lipinski definition) is 4. The van der Waals surface area contributed by atoms with E-state index in [4.69, 9.17) is 0 Å². The Morgan fingerprint density at radius 2 is 2.26 bits per heavy atom. The second kappa shape index (κ2) is 4.83. The minimum atomic E-state index is -0.335. The molecule has 1 fully saturated rings. The van der Waals surface area contributed by atoms with Crippen molar-refractivity contribution in [3.8, 4) is 0 Å². The van der Waals surface area contributed by atoms with Gasteiger partial charge in [0.15, 0.2) is 5.82 Å². The number of nitrogens with one attached hydrogen (secondary N) is 3. The molecule has 19 heavy (non-hydrogen) atoms. The van der Waals surface area contributed by atoms with Gasteiger partial charge in [0.1, 0.15) is 5.82 Å². The molecule has 7 nitrogen and oxygen atoms in total. The first-order valence-corrected chi connectivity index (χ1v) is 6.54. The number of aromatic nitrogens is 5. The van der Waals surface area contributed by atoms with Crippen LogP contribution in [0, 0.1) is 0 Å². The summed E-state index contributed by atoms with van der Waals surface area (Å²) in [5.41, 5.74) is 1.01. The molecule has 7 heteroatoms. The number of aryl methyl sites for hydroxylation is 1. The maximum absolute atomic E-state index is 11.9. The largest absolute Gasteiger partial charge is 0.302 e. The molecular weight excluding hydrogens is 244 g/mol. The third-order valence-corrected chi connectivity index (χ3v) is 3.06. The van der Waals surface area contributed by atoms with Crippen molar-refractivity contribution in [1.29, 1.82) is 0 Å². The van der Waals surface area contributed by atoms with Crippen molar-refractivity contribution in [1.82, 2.24) is 25.4 Å². The minimum absolute atomic E-state index is 0.168. The molecule has 0 bridgehead atoms. The summed E-state index contributed by atoms with van der Waals surface area (Å²) in [5.74, 6) is 1.60. The summed E-state index contributed by atoms with van der Waals surface area (Å²) >= 11 is 0. The van der Waals surface area contributed by atoms with Crippen molar-refractivity contribution in [2.24, 2.45) is 0 Å². The zero-order valence-electron chi connectivity index (χ0n) is 10.7. The molecule has 2 heterocycles. The third-order valence-electron chi connectivity index (χ3n) is 3.06. The van der Waals surface area contributed by atoms with Crippen LogP contribution in [0.5, 0.6) is 0 Å². The molecule has 0 saturated heterocycles. The zero-order chi connectivity index (χ0) is 13.2. The summed E-state index contributed by atoms with van der Waals surface area (Å²) in [7, 11) is 0. The number of aromatic amines is 2. The van der Waals surface area contributed by atoms with E-state index in [9.17, 15) is 4.79 Å². The Balaban J connectivity index is 1.65. The minimum Gasteiger partial charge on any atom is -0.302 e. The number of carbonyl (C=O) groups excluding carboxylic acids is 1. The van der Waals surface area contributed by atoms with E-state index in [0.717, 1.165) is 37.2 Å². The van der Waals surface area contributed by atoms with E-state index in [0.29, 0.717) is 11.7 Å². The standard InChI is InChI=1S/C12H16N6O/c1-2-3-8-6-9(16-15-8)13-12(19)11-14-10(17-18-11)7-4-5-7/h6-7H,2-5H2,1H3,(H,14,17,18)(H2,13,15,16,19). The predicted molar refractivity (Wildman–Crippen MR) is 68.9 cm³/mol. The van der Waals surface area contributed by atoms with Crippen LogP contribution in [0.15, 0.2) is 6.07 Å². The first kappa shape index (κ1) is 11.9. The molecule has 3 rings (SSSR count).